The van der Waals surface area contributed by atoms with E-state index in [1.807, 2.05) is 18.4 Å². The molecule has 0 saturated carbocycles. The molecule has 24 heavy (non-hydrogen) atoms. The lowest BCUT2D eigenvalue weighted by molar-refractivity contribution is -0.133. The quantitative estimate of drug-likeness (QED) is 0.841. The van der Waals surface area contributed by atoms with Gasteiger partial charge >= 0.3 is 0 Å². The van der Waals surface area contributed by atoms with E-state index in [1.54, 1.807) is 23.1 Å². The second kappa shape index (κ2) is 7.09. The highest BCUT2D eigenvalue weighted by molar-refractivity contribution is 5.79. The van der Waals surface area contributed by atoms with Gasteiger partial charge in [0.2, 0.25) is 5.91 Å². The molecule has 0 saturated heterocycles. The van der Waals surface area contributed by atoms with Crippen LogP contribution in [-0.2, 0) is 29.1 Å². The van der Waals surface area contributed by atoms with E-state index in [0.717, 1.165) is 11.6 Å². The molecule has 7 heteroatoms. The van der Waals surface area contributed by atoms with Crippen LogP contribution >= 0.6 is 0 Å². The minimum atomic E-state index is -0.349. The van der Waals surface area contributed by atoms with Crippen molar-refractivity contribution in [2.75, 3.05) is 13.2 Å². The molecule has 1 aliphatic heterocycles. The molecular weight excluding hydrogens is 311 g/mol. The second-order valence-electron chi connectivity index (χ2n) is 5.79. The van der Waals surface area contributed by atoms with E-state index in [-0.39, 0.29) is 24.2 Å². The number of hydrogen-bond acceptors (Lipinski definition) is 4. The van der Waals surface area contributed by atoms with Crippen LogP contribution in [0.3, 0.4) is 0 Å². The predicted octanol–water partition coefficient (Wildman–Crippen LogP) is 2.10. The van der Waals surface area contributed by atoms with Gasteiger partial charge < -0.3 is 14.2 Å². The smallest absolute Gasteiger partial charge is 0.227 e. The van der Waals surface area contributed by atoms with E-state index in [4.69, 9.17) is 4.74 Å². The van der Waals surface area contributed by atoms with Crippen molar-refractivity contribution in [1.29, 1.82) is 0 Å². The van der Waals surface area contributed by atoms with E-state index in [9.17, 15) is 9.18 Å². The molecule has 3 rings (SSSR count). The first-order chi connectivity index (χ1) is 11.6. The zero-order valence-electron chi connectivity index (χ0n) is 13.9. The minimum absolute atomic E-state index is 0.0525. The predicted molar refractivity (Wildman–Crippen MR) is 85.6 cm³/mol. The first-order valence-electron chi connectivity index (χ1n) is 8.14. The van der Waals surface area contributed by atoms with E-state index in [0.29, 0.717) is 31.9 Å². The number of benzene rings is 1. The lowest BCUT2D eigenvalue weighted by atomic mass is 10.1. The SMILES string of the molecule is CCOCc1nnc2n1CCN(C(=O)Cc1ccccc1F)C2C. The molecule has 1 atom stereocenters. The molecule has 2 aromatic rings. The fourth-order valence-corrected chi connectivity index (χ4v) is 2.99. The molecular formula is C17H21FN4O2. The van der Waals surface area contributed by atoms with Gasteiger partial charge in [0.25, 0.3) is 0 Å². The third kappa shape index (κ3) is 3.17. The number of fused-ring (bicyclic) bond motifs is 1. The number of hydrogen-bond donors (Lipinski definition) is 0. The number of rotatable bonds is 5. The van der Waals surface area contributed by atoms with Crippen LogP contribution in [0.1, 0.15) is 37.1 Å². The molecule has 128 valence electrons. The molecule has 0 aliphatic carbocycles. The van der Waals surface area contributed by atoms with Gasteiger partial charge in [0, 0.05) is 19.7 Å². The monoisotopic (exact) mass is 332 g/mol. The average molecular weight is 332 g/mol. The van der Waals surface area contributed by atoms with E-state index >= 15 is 0 Å². The van der Waals surface area contributed by atoms with E-state index in [2.05, 4.69) is 10.2 Å². The Morgan fingerprint density at radius 3 is 2.88 bits per heavy atom. The molecule has 0 spiro atoms. The molecule has 0 N–H and O–H groups in total. The molecule has 0 radical (unpaired) electrons. The van der Waals surface area contributed by atoms with Gasteiger partial charge in [-0.3, -0.25) is 4.79 Å². The number of aromatic nitrogens is 3. The van der Waals surface area contributed by atoms with Crippen LogP contribution in [0.25, 0.3) is 0 Å². The summed E-state index contributed by atoms with van der Waals surface area (Å²) >= 11 is 0. The van der Waals surface area contributed by atoms with Crippen LogP contribution in [0.15, 0.2) is 24.3 Å². The Hall–Kier alpha value is -2.28. The van der Waals surface area contributed by atoms with Crippen LogP contribution < -0.4 is 0 Å². The molecule has 6 nitrogen and oxygen atoms in total. The molecule has 1 aromatic heterocycles. The topological polar surface area (TPSA) is 60.3 Å². The number of halogens is 1. The molecule has 1 aliphatic rings. The third-order valence-corrected chi connectivity index (χ3v) is 4.32. The molecule has 0 bridgehead atoms. The Bertz CT molecular complexity index is 731. The summed E-state index contributed by atoms with van der Waals surface area (Å²) in [7, 11) is 0. The lowest BCUT2D eigenvalue weighted by Gasteiger charge is -2.34. The van der Waals surface area contributed by atoms with Gasteiger partial charge in [-0.05, 0) is 25.5 Å². The summed E-state index contributed by atoms with van der Waals surface area (Å²) in [5.41, 5.74) is 0.416. The Morgan fingerprint density at radius 1 is 1.33 bits per heavy atom. The van der Waals surface area contributed by atoms with Crippen LogP contribution in [0.4, 0.5) is 4.39 Å². The first kappa shape index (κ1) is 16.6. The Balaban J connectivity index is 1.74. The van der Waals surface area contributed by atoms with Crippen LogP contribution in [0.2, 0.25) is 0 Å². The molecule has 2 heterocycles. The molecule has 1 amide bonds. The van der Waals surface area contributed by atoms with E-state index < -0.39 is 0 Å². The first-order valence-corrected chi connectivity index (χ1v) is 8.14. The van der Waals surface area contributed by atoms with Crippen LogP contribution in [-0.4, -0.2) is 38.7 Å². The highest BCUT2D eigenvalue weighted by atomic mass is 19.1. The maximum Gasteiger partial charge on any atom is 0.227 e. The Morgan fingerprint density at radius 2 is 2.12 bits per heavy atom. The second-order valence-corrected chi connectivity index (χ2v) is 5.79. The minimum Gasteiger partial charge on any atom is -0.374 e. The van der Waals surface area contributed by atoms with E-state index in [1.165, 1.54) is 6.07 Å². The van der Waals surface area contributed by atoms with Crippen molar-refractivity contribution < 1.29 is 13.9 Å². The molecule has 1 aromatic carbocycles. The number of amides is 1. The largest absolute Gasteiger partial charge is 0.374 e. The van der Waals surface area contributed by atoms with Crippen molar-refractivity contribution in [2.45, 2.75) is 39.5 Å². The van der Waals surface area contributed by atoms with Crippen LogP contribution in [0.5, 0.6) is 0 Å². The fourth-order valence-electron chi connectivity index (χ4n) is 2.99. The zero-order chi connectivity index (χ0) is 17.1. The lowest BCUT2D eigenvalue weighted by Crippen LogP contribution is -2.42. The highest BCUT2D eigenvalue weighted by Crippen LogP contribution is 2.25. The van der Waals surface area contributed by atoms with Crippen molar-refractivity contribution in [3.8, 4) is 0 Å². The number of carbonyl (C=O) groups excluding carboxylic acids is 1. The van der Waals surface area contributed by atoms with Crippen LogP contribution in [0, 0.1) is 5.82 Å². The number of nitrogens with zero attached hydrogens (tertiary/aromatic N) is 4. The summed E-state index contributed by atoms with van der Waals surface area (Å²) in [5, 5.41) is 8.38. The summed E-state index contributed by atoms with van der Waals surface area (Å²) in [6, 6.07) is 6.18. The summed E-state index contributed by atoms with van der Waals surface area (Å²) in [5.74, 6) is 1.07. The van der Waals surface area contributed by atoms with Crippen molar-refractivity contribution in [3.05, 3.63) is 47.3 Å². The van der Waals surface area contributed by atoms with Crippen molar-refractivity contribution in [3.63, 3.8) is 0 Å². The average Bonchev–Trinajstić information content (AvgIpc) is 2.99. The van der Waals surface area contributed by atoms with Gasteiger partial charge in [-0.1, -0.05) is 18.2 Å². The third-order valence-electron chi connectivity index (χ3n) is 4.32. The number of carbonyl (C=O) groups is 1. The Labute approximate surface area is 140 Å². The summed E-state index contributed by atoms with van der Waals surface area (Å²) in [6.07, 6.45) is 0.0525. The summed E-state index contributed by atoms with van der Waals surface area (Å²) in [6.45, 7) is 6.06. The van der Waals surface area contributed by atoms with Gasteiger partial charge in [0.05, 0.1) is 12.5 Å². The Kier molecular flexibility index (Phi) is 4.89. The van der Waals surface area contributed by atoms with Crippen molar-refractivity contribution in [2.24, 2.45) is 0 Å². The molecule has 0 fully saturated rings. The van der Waals surface area contributed by atoms with Gasteiger partial charge in [0.15, 0.2) is 11.6 Å². The highest BCUT2D eigenvalue weighted by Gasteiger charge is 2.31. The maximum atomic E-state index is 13.8. The fraction of sp³-hybridized carbons (Fsp3) is 0.471. The number of ether oxygens (including phenoxy) is 1. The van der Waals surface area contributed by atoms with Crippen molar-refractivity contribution in [1.82, 2.24) is 19.7 Å². The van der Waals surface area contributed by atoms with Gasteiger partial charge in [-0.2, -0.15) is 0 Å². The van der Waals surface area contributed by atoms with Crippen molar-refractivity contribution >= 4 is 5.91 Å². The van der Waals surface area contributed by atoms with Gasteiger partial charge in [-0.25, -0.2) is 4.39 Å². The molecule has 1 unspecified atom stereocenters. The maximum absolute atomic E-state index is 13.8. The normalized spacial score (nSPS) is 17.0. The van der Waals surface area contributed by atoms with Gasteiger partial charge in [-0.15, -0.1) is 10.2 Å². The summed E-state index contributed by atoms with van der Waals surface area (Å²) in [4.78, 5) is 14.3. The zero-order valence-corrected chi connectivity index (χ0v) is 13.9. The van der Waals surface area contributed by atoms with Gasteiger partial charge in [0.1, 0.15) is 12.4 Å². The summed E-state index contributed by atoms with van der Waals surface area (Å²) < 4.78 is 21.2. The standard InChI is InChI=1S/C17H21FN4O2/c1-3-24-11-15-19-20-17-12(2)21(8-9-22(15)17)16(23)10-13-6-4-5-7-14(13)18/h4-7,12H,3,8-11H2,1-2H3.